The van der Waals surface area contributed by atoms with Crippen LogP contribution in [0, 0.1) is 20.8 Å². The molecule has 0 bridgehead atoms. The molecule has 3 heteroatoms. The summed E-state index contributed by atoms with van der Waals surface area (Å²) in [5, 5.41) is 19.2. The van der Waals surface area contributed by atoms with Crippen LogP contribution in [0.5, 0.6) is 0 Å². The third kappa shape index (κ3) is 1.90. The van der Waals surface area contributed by atoms with Gasteiger partial charge < -0.3 is 10.0 Å². The maximum atomic E-state index is 9.60. The van der Waals surface area contributed by atoms with E-state index in [0.717, 1.165) is 17.5 Å². The molecule has 0 saturated carbocycles. The summed E-state index contributed by atoms with van der Waals surface area (Å²) in [7, 11) is -1.36. The molecule has 0 atom stereocenters. The Hall–Kier alpha value is -0.795. The van der Waals surface area contributed by atoms with Crippen molar-refractivity contribution >= 4 is 12.6 Å². The second kappa shape index (κ2) is 4.39. The number of hydrogen-bond donors (Lipinski definition) is 2. The topological polar surface area (TPSA) is 40.5 Å². The number of hydrogen-bond acceptors (Lipinski definition) is 2. The molecule has 0 aliphatic heterocycles. The average molecular weight is 246 g/mol. The number of rotatable bonds is 1. The van der Waals surface area contributed by atoms with Crippen LogP contribution in [0.1, 0.15) is 54.5 Å². The normalized spacial score (nSPS) is 17.5. The Balaban J connectivity index is 2.80. The first-order chi connectivity index (χ1) is 8.27. The zero-order valence-electron chi connectivity index (χ0n) is 12.1. The van der Waals surface area contributed by atoms with Crippen molar-refractivity contribution in [1.82, 2.24) is 0 Å². The summed E-state index contributed by atoms with van der Waals surface area (Å²) in [5.41, 5.74) is 7.05. The number of fused-ring (bicyclic) bond motifs is 1. The van der Waals surface area contributed by atoms with Gasteiger partial charge in [-0.25, -0.2) is 0 Å². The predicted octanol–water partition coefficient (Wildman–Crippen LogP) is 1.91. The van der Waals surface area contributed by atoms with Gasteiger partial charge in [-0.1, -0.05) is 13.8 Å². The molecule has 1 aromatic carbocycles. The van der Waals surface area contributed by atoms with Gasteiger partial charge >= 0.3 is 7.12 Å². The maximum Gasteiger partial charge on any atom is 0.488 e. The van der Waals surface area contributed by atoms with Crippen molar-refractivity contribution < 1.29 is 10.0 Å². The van der Waals surface area contributed by atoms with E-state index >= 15 is 0 Å². The average Bonchev–Trinajstić information content (AvgIpc) is 2.24. The molecule has 98 valence electrons. The van der Waals surface area contributed by atoms with Gasteiger partial charge in [0.05, 0.1) is 0 Å². The Labute approximate surface area is 110 Å². The van der Waals surface area contributed by atoms with Crippen molar-refractivity contribution in [2.75, 3.05) is 0 Å². The number of benzene rings is 1. The molecule has 0 fully saturated rings. The monoisotopic (exact) mass is 246 g/mol. The summed E-state index contributed by atoms with van der Waals surface area (Å²) in [6.45, 7) is 10.7. The fourth-order valence-electron chi connectivity index (χ4n) is 3.70. The molecule has 0 heterocycles. The fourth-order valence-corrected chi connectivity index (χ4v) is 3.70. The molecular weight excluding hydrogens is 223 g/mol. The minimum absolute atomic E-state index is 0.201. The summed E-state index contributed by atoms with van der Waals surface area (Å²) < 4.78 is 0. The van der Waals surface area contributed by atoms with E-state index in [1.165, 1.54) is 29.5 Å². The largest absolute Gasteiger partial charge is 0.488 e. The summed E-state index contributed by atoms with van der Waals surface area (Å²) in [5.74, 6) is 0. The molecule has 2 rings (SSSR count). The highest BCUT2D eigenvalue weighted by atomic mass is 16.4. The quantitative estimate of drug-likeness (QED) is 0.743. The fraction of sp³-hybridized carbons (Fsp3) is 0.600. The summed E-state index contributed by atoms with van der Waals surface area (Å²) in [6, 6.07) is 0. The van der Waals surface area contributed by atoms with Crippen LogP contribution in [-0.2, 0) is 11.8 Å². The van der Waals surface area contributed by atoms with Crippen molar-refractivity contribution in [3.63, 3.8) is 0 Å². The smallest absolute Gasteiger partial charge is 0.423 e. The van der Waals surface area contributed by atoms with Crippen LogP contribution in [0.2, 0.25) is 0 Å². The Bertz CT molecular complexity index is 490. The lowest BCUT2D eigenvalue weighted by molar-refractivity contribution is 0.420. The molecule has 18 heavy (non-hydrogen) atoms. The minimum atomic E-state index is -1.36. The first-order valence-electron chi connectivity index (χ1n) is 6.76. The Morgan fingerprint density at radius 3 is 2.17 bits per heavy atom. The van der Waals surface area contributed by atoms with Crippen LogP contribution in [0.15, 0.2) is 0 Å². The molecule has 2 nitrogen and oxygen atoms in total. The maximum absolute atomic E-state index is 9.60. The lowest BCUT2D eigenvalue weighted by Gasteiger charge is -2.37. The molecule has 0 radical (unpaired) electrons. The van der Waals surface area contributed by atoms with Crippen LogP contribution in [0.3, 0.4) is 0 Å². The molecule has 0 saturated heterocycles. The first kappa shape index (κ1) is 13.6. The highest BCUT2D eigenvalue weighted by Crippen LogP contribution is 2.40. The molecule has 1 aliphatic rings. The van der Waals surface area contributed by atoms with Gasteiger partial charge in [0.2, 0.25) is 0 Å². The van der Waals surface area contributed by atoms with E-state index in [4.69, 9.17) is 0 Å². The zero-order chi connectivity index (χ0) is 13.7. The minimum Gasteiger partial charge on any atom is -0.423 e. The van der Waals surface area contributed by atoms with Crippen molar-refractivity contribution in [2.45, 2.75) is 59.3 Å². The summed E-state index contributed by atoms with van der Waals surface area (Å²) >= 11 is 0. The van der Waals surface area contributed by atoms with Crippen LogP contribution in [0.25, 0.3) is 0 Å². The van der Waals surface area contributed by atoms with E-state index in [2.05, 4.69) is 20.8 Å². The molecule has 1 aliphatic carbocycles. The van der Waals surface area contributed by atoms with Crippen molar-refractivity contribution in [3.8, 4) is 0 Å². The van der Waals surface area contributed by atoms with Crippen molar-refractivity contribution in [2.24, 2.45) is 0 Å². The van der Waals surface area contributed by atoms with E-state index in [0.29, 0.717) is 5.46 Å². The van der Waals surface area contributed by atoms with Crippen molar-refractivity contribution in [1.29, 1.82) is 0 Å². The second-order valence-electron chi connectivity index (χ2n) is 6.25. The van der Waals surface area contributed by atoms with Crippen LogP contribution >= 0.6 is 0 Å². The molecule has 0 aromatic heterocycles. The third-order valence-electron chi connectivity index (χ3n) is 4.66. The van der Waals surface area contributed by atoms with Gasteiger partial charge in [0.15, 0.2) is 0 Å². The van der Waals surface area contributed by atoms with Crippen molar-refractivity contribution in [3.05, 3.63) is 27.8 Å². The van der Waals surface area contributed by atoms with Gasteiger partial charge in [-0.3, -0.25) is 0 Å². The molecule has 0 unspecified atom stereocenters. The summed E-state index contributed by atoms with van der Waals surface area (Å²) in [6.07, 6.45) is 3.45. The van der Waals surface area contributed by atoms with Gasteiger partial charge in [0, 0.05) is 0 Å². The van der Waals surface area contributed by atoms with Gasteiger partial charge in [-0.2, -0.15) is 0 Å². The molecule has 0 spiro atoms. The van der Waals surface area contributed by atoms with E-state index in [1.54, 1.807) is 0 Å². The summed E-state index contributed by atoms with van der Waals surface area (Å²) in [4.78, 5) is 0. The van der Waals surface area contributed by atoms with Gasteiger partial charge in [-0.15, -0.1) is 0 Å². The Morgan fingerprint density at radius 1 is 1.00 bits per heavy atom. The van der Waals surface area contributed by atoms with Crippen LogP contribution in [-0.4, -0.2) is 17.2 Å². The second-order valence-corrected chi connectivity index (χ2v) is 6.25. The van der Waals surface area contributed by atoms with Crippen LogP contribution < -0.4 is 5.46 Å². The molecular formula is C15H23BO2. The van der Waals surface area contributed by atoms with E-state index in [-0.39, 0.29) is 5.41 Å². The van der Waals surface area contributed by atoms with E-state index < -0.39 is 7.12 Å². The highest BCUT2D eigenvalue weighted by Gasteiger charge is 2.33. The molecule has 0 amide bonds. The van der Waals surface area contributed by atoms with E-state index in [9.17, 15) is 10.0 Å². The lowest BCUT2D eigenvalue weighted by atomic mass is 9.64. The Morgan fingerprint density at radius 2 is 1.61 bits per heavy atom. The first-order valence-corrected chi connectivity index (χ1v) is 6.76. The third-order valence-corrected chi connectivity index (χ3v) is 4.66. The van der Waals surface area contributed by atoms with E-state index in [1.807, 2.05) is 13.8 Å². The molecule has 1 aromatic rings. The van der Waals surface area contributed by atoms with Gasteiger partial charge in [0.1, 0.15) is 0 Å². The lowest BCUT2D eigenvalue weighted by Crippen LogP contribution is -2.39. The molecule has 2 N–H and O–H groups in total. The zero-order valence-corrected chi connectivity index (χ0v) is 12.1. The SMILES string of the molecule is Cc1c(C)c2c(c(C)c1B(O)O)CCCC2(C)C. The van der Waals surface area contributed by atoms with Crippen LogP contribution in [0.4, 0.5) is 0 Å². The Kier molecular flexibility index (Phi) is 3.33. The van der Waals surface area contributed by atoms with Gasteiger partial charge in [-0.05, 0) is 78.7 Å². The standard InChI is InChI=1S/C15H23BO2/c1-9-10(2)14(16(17)18)11(3)12-7-6-8-15(4,5)13(9)12/h17-18H,6-8H2,1-5H3. The highest BCUT2D eigenvalue weighted by molar-refractivity contribution is 6.59. The predicted molar refractivity (Wildman–Crippen MR) is 76.4 cm³/mol. The van der Waals surface area contributed by atoms with Gasteiger partial charge in [0.25, 0.3) is 0 Å².